The van der Waals surface area contributed by atoms with Crippen molar-refractivity contribution in [3.8, 4) is 0 Å². The van der Waals surface area contributed by atoms with Gasteiger partial charge in [0.1, 0.15) is 0 Å². The number of hydrogen-bond donors (Lipinski definition) is 2. The highest BCUT2D eigenvalue weighted by molar-refractivity contribution is 7.89. The molecule has 2 aromatic carbocycles. The predicted octanol–water partition coefficient (Wildman–Crippen LogP) is 3.02. The minimum Gasteiger partial charge on any atom is -0.373 e. The molecule has 152 valence electrons. The van der Waals surface area contributed by atoms with E-state index in [0.717, 1.165) is 5.69 Å². The van der Waals surface area contributed by atoms with Crippen LogP contribution in [0.1, 0.15) is 37.6 Å². The lowest BCUT2D eigenvalue weighted by Crippen LogP contribution is -2.40. The van der Waals surface area contributed by atoms with E-state index in [4.69, 9.17) is 0 Å². The van der Waals surface area contributed by atoms with E-state index in [-0.39, 0.29) is 22.9 Å². The van der Waals surface area contributed by atoms with Crippen molar-refractivity contribution < 1.29 is 13.2 Å². The van der Waals surface area contributed by atoms with Gasteiger partial charge in [-0.05, 0) is 56.7 Å². The molecule has 0 saturated carbocycles. The van der Waals surface area contributed by atoms with Gasteiger partial charge in [0, 0.05) is 36.9 Å². The summed E-state index contributed by atoms with van der Waals surface area (Å²) in [5.41, 5.74) is 1.50. The van der Waals surface area contributed by atoms with Crippen molar-refractivity contribution in [1.29, 1.82) is 0 Å². The number of likely N-dealkylation sites (N-methyl/N-ethyl adjacent to an activating group) is 1. The number of benzene rings is 2. The summed E-state index contributed by atoms with van der Waals surface area (Å²) in [5.74, 6) is -0.229. The van der Waals surface area contributed by atoms with Crippen LogP contribution in [0, 0.1) is 0 Å². The molecule has 2 N–H and O–H groups in total. The van der Waals surface area contributed by atoms with E-state index in [0.29, 0.717) is 18.5 Å². The Bertz CT molecular complexity index is 868. The Morgan fingerprint density at radius 1 is 1.00 bits per heavy atom. The molecule has 0 heterocycles. The fourth-order valence-electron chi connectivity index (χ4n) is 2.75. The van der Waals surface area contributed by atoms with Crippen molar-refractivity contribution >= 4 is 21.6 Å². The third-order valence-electron chi connectivity index (χ3n) is 4.52. The summed E-state index contributed by atoms with van der Waals surface area (Å²) in [4.78, 5) is 14.7. The maximum Gasteiger partial charge on any atom is 0.251 e. The van der Waals surface area contributed by atoms with Crippen LogP contribution in [0.3, 0.4) is 0 Å². The highest BCUT2D eigenvalue weighted by Crippen LogP contribution is 2.13. The van der Waals surface area contributed by atoms with Gasteiger partial charge in [-0.15, -0.1) is 0 Å². The van der Waals surface area contributed by atoms with Crippen LogP contribution < -0.4 is 14.9 Å². The Hall–Kier alpha value is -2.38. The van der Waals surface area contributed by atoms with Crippen LogP contribution in [0.4, 0.5) is 5.69 Å². The third-order valence-corrected chi connectivity index (χ3v) is 6.12. The Morgan fingerprint density at radius 3 is 2.18 bits per heavy atom. The first-order valence-corrected chi connectivity index (χ1v) is 10.9. The summed E-state index contributed by atoms with van der Waals surface area (Å²) in [6, 6.07) is 15.7. The number of amides is 1. The second-order valence-corrected chi connectivity index (χ2v) is 8.76. The van der Waals surface area contributed by atoms with Gasteiger partial charge >= 0.3 is 0 Å². The van der Waals surface area contributed by atoms with Gasteiger partial charge in [-0.25, -0.2) is 13.1 Å². The fourth-order valence-corrected chi connectivity index (χ4v) is 4.08. The quantitative estimate of drug-likeness (QED) is 0.675. The molecule has 0 radical (unpaired) electrons. The van der Waals surface area contributed by atoms with Crippen molar-refractivity contribution in [3.05, 3.63) is 60.2 Å². The van der Waals surface area contributed by atoms with Gasteiger partial charge in [0.25, 0.3) is 5.91 Å². The molecular weight excluding hydrogens is 374 g/mol. The van der Waals surface area contributed by atoms with Crippen LogP contribution >= 0.6 is 0 Å². The molecule has 2 rings (SSSR count). The number of sulfonamides is 1. The van der Waals surface area contributed by atoms with E-state index < -0.39 is 10.0 Å². The maximum absolute atomic E-state index is 12.5. The lowest BCUT2D eigenvalue weighted by Gasteiger charge is -2.24. The zero-order valence-corrected chi connectivity index (χ0v) is 17.7. The summed E-state index contributed by atoms with van der Waals surface area (Å²) >= 11 is 0. The topological polar surface area (TPSA) is 78.5 Å². The lowest BCUT2D eigenvalue weighted by molar-refractivity contribution is 0.0941. The molecule has 0 fully saturated rings. The average Bonchev–Trinajstić information content (AvgIpc) is 2.68. The van der Waals surface area contributed by atoms with Gasteiger partial charge < -0.3 is 10.2 Å². The molecule has 2 atom stereocenters. The van der Waals surface area contributed by atoms with E-state index in [2.05, 4.69) is 14.9 Å². The van der Waals surface area contributed by atoms with Gasteiger partial charge in [-0.3, -0.25) is 4.79 Å². The summed E-state index contributed by atoms with van der Waals surface area (Å²) in [5, 5.41) is 2.95. The minimum atomic E-state index is -3.57. The van der Waals surface area contributed by atoms with Crippen LogP contribution in [0.25, 0.3) is 0 Å². The predicted molar refractivity (Wildman–Crippen MR) is 113 cm³/mol. The van der Waals surface area contributed by atoms with Crippen LogP contribution in [0.2, 0.25) is 0 Å². The number of carbonyl (C=O) groups excluding carboxylic acids is 1. The van der Waals surface area contributed by atoms with Crippen LogP contribution in [-0.2, 0) is 10.0 Å². The van der Waals surface area contributed by atoms with Crippen molar-refractivity contribution in [1.82, 2.24) is 10.0 Å². The van der Waals surface area contributed by atoms with Gasteiger partial charge in [0.2, 0.25) is 10.0 Å². The normalized spacial score (nSPS) is 13.6. The smallest absolute Gasteiger partial charge is 0.251 e. The molecule has 0 aliphatic rings. The van der Waals surface area contributed by atoms with Crippen molar-refractivity contribution in [2.24, 2.45) is 0 Å². The average molecular weight is 404 g/mol. The molecule has 0 aliphatic heterocycles. The molecule has 2 aromatic rings. The molecule has 6 nitrogen and oxygen atoms in total. The molecule has 0 aromatic heterocycles. The van der Waals surface area contributed by atoms with Crippen molar-refractivity contribution in [2.75, 3.05) is 18.5 Å². The standard InChI is InChI=1S/C21H29N3O3S/c1-5-16(2)23-28(26,27)20-13-11-18(12-14-20)21(25)22-17(3)15-24(4)19-9-7-6-8-10-19/h6-14,16-17,23H,5,15H2,1-4H3,(H,22,25)/t16-,17-/m1/s1. The molecular formula is C21H29N3O3S. The monoisotopic (exact) mass is 403 g/mol. The molecule has 0 saturated heterocycles. The van der Waals surface area contributed by atoms with Crippen LogP contribution in [0.5, 0.6) is 0 Å². The van der Waals surface area contributed by atoms with Gasteiger partial charge in [-0.2, -0.15) is 0 Å². The Kier molecular flexibility index (Phi) is 7.60. The fraction of sp³-hybridized carbons (Fsp3) is 0.381. The second-order valence-electron chi connectivity index (χ2n) is 7.05. The number of rotatable bonds is 9. The van der Waals surface area contributed by atoms with Gasteiger partial charge in [0.15, 0.2) is 0 Å². The summed E-state index contributed by atoms with van der Waals surface area (Å²) in [6.07, 6.45) is 0.703. The van der Waals surface area contributed by atoms with Crippen LogP contribution in [0.15, 0.2) is 59.5 Å². The van der Waals surface area contributed by atoms with Crippen LogP contribution in [-0.4, -0.2) is 40.0 Å². The van der Waals surface area contributed by atoms with Gasteiger partial charge in [0.05, 0.1) is 4.90 Å². The summed E-state index contributed by atoms with van der Waals surface area (Å²) in [7, 11) is -1.60. The first-order valence-electron chi connectivity index (χ1n) is 9.42. The molecule has 0 unspecified atom stereocenters. The second kappa shape index (κ2) is 9.71. The number of hydrogen-bond acceptors (Lipinski definition) is 4. The molecule has 7 heteroatoms. The van der Waals surface area contributed by atoms with E-state index in [1.54, 1.807) is 0 Å². The van der Waals surface area contributed by atoms with Gasteiger partial charge in [-0.1, -0.05) is 25.1 Å². The molecule has 0 spiro atoms. The number of para-hydroxylation sites is 1. The third kappa shape index (κ3) is 6.07. The van der Waals surface area contributed by atoms with E-state index in [1.165, 1.54) is 24.3 Å². The first-order chi connectivity index (χ1) is 13.2. The van der Waals surface area contributed by atoms with Crippen molar-refractivity contribution in [2.45, 2.75) is 44.2 Å². The van der Waals surface area contributed by atoms with E-state index >= 15 is 0 Å². The van der Waals surface area contributed by atoms with E-state index in [1.807, 2.05) is 58.2 Å². The number of nitrogens with one attached hydrogen (secondary N) is 2. The molecule has 0 bridgehead atoms. The zero-order chi connectivity index (χ0) is 20.7. The lowest BCUT2D eigenvalue weighted by atomic mass is 10.2. The molecule has 0 aliphatic carbocycles. The maximum atomic E-state index is 12.5. The zero-order valence-electron chi connectivity index (χ0n) is 16.8. The SMILES string of the molecule is CC[C@@H](C)NS(=O)(=O)c1ccc(C(=O)N[C@H](C)CN(C)c2ccccc2)cc1. The number of anilines is 1. The minimum absolute atomic E-state index is 0.0758. The number of carbonyl (C=O) groups is 1. The molecule has 28 heavy (non-hydrogen) atoms. The number of nitrogens with zero attached hydrogens (tertiary/aromatic N) is 1. The summed E-state index contributed by atoms with van der Waals surface area (Å²) in [6.45, 7) is 6.32. The summed E-state index contributed by atoms with van der Waals surface area (Å²) < 4.78 is 27.2. The Morgan fingerprint density at radius 2 is 1.61 bits per heavy atom. The highest BCUT2D eigenvalue weighted by atomic mass is 32.2. The first kappa shape index (κ1) is 21.9. The Balaban J connectivity index is 1.97. The van der Waals surface area contributed by atoms with Crippen molar-refractivity contribution in [3.63, 3.8) is 0 Å². The molecule has 1 amide bonds. The largest absolute Gasteiger partial charge is 0.373 e. The van der Waals surface area contributed by atoms with E-state index in [9.17, 15) is 13.2 Å². The Labute approximate surface area is 168 Å². The highest BCUT2D eigenvalue weighted by Gasteiger charge is 2.18.